The minimum atomic E-state index is -3.54. The average molecular weight is 413 g/mol. The van der Waals surface area contributed by atoms with Crippen LogP contribution in [0.2, 0.25) is 0 Å². The molecule has 3 aromatic rings. The zero-order valence-corrected chi connectivity index (χ0v) is 16.7. The van der Waals surface area contributed by atoms with Crippen molar-refractivity contribution in [1.29, 1.82) is 0 Å². The average Bonchev–Trinajstić information content (AvgIpc) is 3.50. The number of carbonyl (C=O) groups excluding carboxylic acids is 1. The Bertz CT molecular complexity index is 1130. The highest BCUT2D eigenvalue weighted by Gasteiger charge is 2.28. The van der Waals surface area contributed by atoms with Gasteiger partial charge in [-0.1, -0.05) is 36.4 Å². The van der Waals surface area contributed by atoms with Gasteiger partial charge in [-0.3, -0.25) is 4.79 Å². The first-order valence-corrected chi connectivity index (χ1v) is 11.5. The van der Waals surface area contributed by atoms with E-state index in [4.69, 9.17) is 0 Å². The zero-order chi connectivity index (χ0) is 19.6. The van der Waals surface area contributed by atoms with Crippen LogP contribution in [0.3, 0.4) is 0 Å². The molecule has 4 rings (SSSR count). The van der Waals surface area contributed by atoms with E-state index in [1.54, 1.807) is 12.1 Å². The topological polar surface area (TPSA) is 75.3 Å². The van der Waals surface area contributed by atoms with E-state index >= 15 is 0 Å². The summed E-state index contributed by atoms with van der Waals surface area (Å²) in [6, 6.07) is 20.6. The number of carbonyl (C=O) groups is 1. The maximum absolute atomic E-state index is 12.3. The molecule has 0 atom stereocenters. The van der Waals surface area contributed by atoms with E-state index in [0.29, 0.717) is 5.69 Å². The van der Waals surface area contributed by atoms with E-state index in [-0.39, 0.29) is 22.6 Å². The molecule has 1 aliphatic carbocycles. The van der Waals surface area contributed by atoms with Crippen molar-refractivity contribution in [3.05, 3.63) is 66.7 Å². The smallest absolute Gasteiger partial charge is 0.240 e. The highest BCUT2D eigenvalue weighted by molar-refractivity contribution is 8.00. The molecule has 7 heteroatoms. The van der Waals surface area contributed by atoms with Gasteiger partial charge in [-0.25, -0.2) is 13.1 Å². The Kier molecular flexibility index (Phi) is 5.39. The molecular formula is C21H20N2O3S2. The molecule has 1 fully saturated rings. The molecular weight excluding hydrogens is 392 g/mol. The molecule has 5 nitrogen and oxygen atoms in total. The molecule has 0 bridgehead atoms. The predicted molar refractivity (Wildman–Crippen MR) is 113 cm³/mol. The Hall–Kier alpha value is -2.35. The molecule has 2 N–H and O–H groups in total. The number of benzene rings is 3. The van der Waals surface area contributed by atoms with E-state index in [9.17, 15) is 13.2 Å². The quantitative estimate of drug-likeness (QED) is 0.575. The molecule has 1 amide bonds. The molecule has 28 heavy (non-hydrogen) atoms. The van der Waals surface area contributed by atoms with Crippen LogP contribution in [0.4, 0.5) is 5.69 Å². The van der Waals surface area contributed by atoms with Crippen molar-refractivity contribution < 1.29 is 13.2 Å². The first-order chi connectivity index (χ1) is 13.5. The molecule has 3 aromatic carbocycles. The highest BCUT2D eigenvalue weighted by Crippen LogP contribution is 2.25. The molecule has 0 aliphatic heterocycles. The van der Waals surface area contributed by atoms with Crippen LogP contribution in [0, 0.1) is 0 Å². The lowest BCUT2D eigenvalue weighted by Gasteiger charge is -2.09. The van der Waals surface area contributed by atoms with Gasteiger partial charge in [-0.2, -0.15) is 0 Å². The minimum Gasteiger partial charge on any atom is -0.325 e. The molecule has 0 aromatic heterocycles. The van der Waals surface area contributed by atoms with Crippen molar-refractivity contribution in [3.8, 4) is 0 Å². The lowest BCUT2D eigenvalue weighted by Crippen LogP contribution is -2.25. The fraction of sp³-hybridized carbons (Fsp3) is 0.190. The Labute approximate surface area is 168 Å². The fourth-order valence-corrected chi connectivity index (χ4v) is 4.93. The first kappa shape index (κ1) is 19.0. The maximum Gasteiger partial charge on any atom is 0.240 e. The summed E-state index contributed by atoms with van der Waals surface area (Å²) in [5.41, 5.74) is 0.475. The van der Waals surface area contributed by atoms with Crippen LogP contribution < -0.4 is 10.0 Å². The summed E-state index contributed by atoms with van der Waals surface area (Å²) in [5.74, 6) is 0.0678. The van der Waals surface area contributed by atoms with Crippen molar-refractivity contribution in [1.82, 2.24) is 4.72 Å². The third kappa shape index (κ3) is 4.73. The number of hydrogen-bond donors (Lipinski definition) is 2. The Morgan fingerprint density at radius 2 is 1.75 bits per heavy atom. The predicted octanol–water partition coefficient (Wildman–Crippen LogP) is 4.01. The van der Waals surface area contributed by atoms with E-state index in [1.807, 2.05) is 30.3 Å². The Balaban J connectivity index is 1.38. The number of anilines is 1. The van der Waals surface area contributed by atoms with E-state index in [0.717, 1.165) is 28.5 Å². The zero-order valence-electron chi connectivity index (χ0n) is 15.1. The van der Waals surface area contributed by atoms with Crippen molar-refractivity contribution in [2.45, 2.75) is 28.7 Å². The molecule has 1 aliphatic rings. The number of nitrogens with one attached hydrogen (secondary N) is 2. The lowest BCUT2D eigenvalue weighted by atomic mass is 10.1. The van der Waals surface area contributed by atoms with Gasteiger partial charge < -0.3 is 5.32 Å². The number of rotatable bonds is 7. The molecule has 0 saturated heterocycles. The van der Waals surface area contributed by atoms with Gasteiger partial charge in [0.05, 0.1) is 10.6 Å². The van der Waals surface area contributed by atoms with Gasteiger partial charge in [0.25, 0.3) is 0 Å². The standard InChI is InChI=1S/C21H20N2O3S2/c24-21(14-27-19-11-8-15-4-1-2-5-16(15)12-19)22-18-6-3-7-20(13-18)28(25,26)23-17-9-10-17/h1-8,11-13,17,23H,9-10,14H2,(H,22,24). The Morgan fingerprint density at radius 3 is 2.54 bits per heavy atom. The van der Waals surface area contributed by atoms with Crippen molar-refractivity contribution in [2.75, 3.05) is 11.1 Å². The van der Waals surface area contributed by atoms with Crippen molar-refractivity contribution in [2.24, 2.45) is 0 Å². The third-order valence-electron chi connectivity index (χ3n) is 4.42. The van der Waals surface area contributed by atoms with Crippen LogP contribution in [-0.4, -0.2) is 26.1 Å². The molecule has 144 valence electrons. The summed E-state index contributed by atoms with van der Waals surface area (Å²) < 4.78 is 27.3. The number of amides is 1. The normalized spacial score (nSPS) is 14.1. The largest absolute Gasteiger partial charge is 0.325 e. The molecule has 0 spiro atoms. The number of hydrogen-bond acceptors (Lipinski definition) is 4. The van der Waals surface area contributed by atoms with Gasteiger partial charge in [-0.05, 0) is 53.9 Å². The first-order valence-electron chi connectivity index (χ1n) is 9.03. The monoisotopic (exact) mass is 412 g/mol. The summed E-state index contributed by atoms with van der Waals surface area (Å²) in [7, 11) is -3.54. The highest BCUT2D eigenvalue weighted by atomic mass is 32.2. The number of sulfonamides is 1. The maximum atomic E-state index is 12.3. The lowest BCUT2D eigenvalue weighted by molar-refractivity contribution is -0.113. The Morgan fingerprint density at radius 1 is 0.964 bits per heavy atom. The van der Waals surface area contributed by atoms with Crippen LogP contribution in [-0.2, 0) is 14.8 Å². The van der Waals surface area contributed by atoms with E-state index in [1.165, 1.54) is 23.9 Å². The second kappa shape index (κ2) is 7.95. The minimum absolute atomic E-state index is 0.0431. The van der Waals surface area contributed by atoms with Gasteiger partial charge in [0.15, 0.2) is 0 Å². The summed E-state index contributed by atoms with van der Waals surface area (Å²) in [6.07, 6.45) is 1.75. The summed E-state index contributed by atoms with van der Waals surface area (Å²) in [5, 5.41) is 5.07. The fourth-order valence-electron chi connectivity index (χ4n) is 2.83. The van der Waals surface area contributed by atoms with Gasteiger partial charge in [0.2, 0.25) is 15.9 Å². The molecule has 0 heterocycles. The summed E-state index contributed by atoms with van der Waals surface area (Å²) in [6.45, 7) is 0. The van der Waals surface area contributed by atoms with E-state index < -0.39 is 10.0 Å². The van der Waals surface area contributed by atoms with Crippen LogP contribution in [0.15, 0.2) is 76.5 Å². The SMILES string of the molecule is O=C(CSc1ccc2ccccc2c1)Nc1cccc(S(=O)(=O)NC2CC2)c1. The molecule has 0 radical (unpaired) electrons. The molecule has 0 unspecified atom stereocenters. The molecule has 1 saturated carbocycles. The second-order valence-electron chi connectivity index (χ2n) is 6.77. The summed E-state index contributed by atoms with van der Waals surface area (Å²) in [4.78, 5) is 13.5. The second-order valence-corrected chi connectivity index (χ2v) is 9.53. The summed E-state index contributed by atoms with van der Waals surface area (Å²) >= 11 is 1.45. The van der Waals surface area contributed by atoms with Crippen molar-refractivity contribution in [3.63, 3.8) is 0 Å². The van der Waals surface area contributed by atoms with Gasteiger partial charge in [0, 0.05) is 16.6 Å². The van der Waals surface area contributed by atoms with E-state index in [2.05, 4.69) is 22.2 Å². The number of fused-ring (bicyclic) bond motifs is 1. The van der Waals surface area contributed by atoms with Gasteiger partial charge in [-0.15, -0.1) is 11.8 Å². The third-order valence-corrected chi connectivity index (χ3v) is 6.93. The van der Waals surface area contributed by atoms with Crippen LogP contribution in [0.5, 0.6) is 0 Å². The van der Waals surface area contributed by atoms with Crippen LogP contribution in [0.25, 0.3) is 10.8 Å². The van der Waals surface area contributed by atoms with Crippen molar-refractivity contribution >= 4 is 44.2 Å². The van der Waals surface area contributed by atoms with Crippen LogP contribution >= 0.6 is 11.8 Å². The van der Waals surface area contributed by atoms with Crippen LogP contribution in [0.1, 0.15) is 12.8 Å². The van der Waals surface area contributed by atoms with Gasteiger partial charge in [0.1, 0.15) is 0 Å². The number of thioether (sulfide) groups is 1. The van der Waals surface area contributed by atoms with Gasteiger partial charge >= 0.3 is 0 Å².